The van der Waals surface area contributed by atoms with Gasteiger partial charge in [-0.2, -0.15) is 47.0 Å². The molecule has 1 fully saturated rings. The van der Waals surface area contributed by atoms with Crippen LogP contribution in [0.3, 0.4) is 0 Å². The van der Waals surface area contributed by atoms with E-state index in [9.17, 15) is 22.8 Å². The topological polar surface area (TPSA) is 613 Å². The number of nitrogen functional groups attached to an aromatic ring is 8. The van der Waals surface area contributed by atoms with Crippen LogP contribution in [0.2, 0.25) is 5.15 Å². The summed E-state index contributed by atoms with van der Waals surface area (Å²) in [5, 5.41) is 47.2. The summed E-state index contributed by atoms with van der Waals surface area (Å²) in [5.74, 6) is 0.709. The van der Waals surface area contributed by atoms with Gasteiger partial charge < -0.3 is 66.7 Å². The number of rotatable bonds is 12. The smallest absolute Gasteiger partial charge is 0.323 e. The van der Waals surface area contributed by atoms with Gasteiger partial charge in [-0.1, -0.05) is 41.9 Å². The zero-order chi connectivity index (χ0) is 97.6. The van der Waals surface area contributed by atoms with Gasteiger partial charge in [0.1, 0.15) is 113 Å². The summed E-state index contributed by atoms with van der Waals surface area (Å²) in [6.07, 6.45) is 28.1. The zero-order valence-electron chi connectivity index (χ0n) is 73.4. The van der Waals surface area contributed by atoms with Crippen LogP contribution in [0.25, 0.3) is 117 Å². The summed E-state index contributed by atoms with van der Waals surface area (Å²) in [7, 11) is 0. The highest BCUT2D eigenvalue weighted by atomic mass is 35.5. The molecule has 0 radical (unpaired) electrons. The lowest BCUT2D eigenvalue weighted by molar-refractivity contribution is 0.102. The number of thiophene rings is 1. The van der Waals surface area contributed by atoms with Gasteiger partial charge in [0.2, 0.25) is 0 Å². The molecule has 0 saturated carbocycles. The number of piperidine rings is 1. The quantitative estimate of drug-likeness (QED) is 0.0400. The number of fused-ring (bicyclic) bond motifs is 7. The Bertz CT molecular complexity index is 8280. The first-order chi connectivity index (χ1) is 68.7. The molecule has 1 saturated heterocycles. The van der Waals surface area contributed by atoms with Crippen molar-refractivity contribution in [1.29, 1.82) is 0 Å². The van der Waals surface area contributed by atoms with E-state index in [-0.39, 0.29) is 23.2 Å². The first-order valence-electron chi connectivity index (χ1n) is 42.4. The molecule has 49 heteroatoms. The third-order valence-corrected chi connectivity index (χ3v) is 22.1. The van der Waals surface area contributed by atoms with Crippen molar-refractivity contribution in [3.63, 3.8) is 0 Å². The number of urea groups is 1. The molecule has 19 N–H and O–H groups in total. The molecule has 0 aliphatic carbocycles. The first kappa shape index (κ1) is 91.7. The normalized spacial score (nSPS) is 11.5. The molecular formula is C92H76ClF3N42O2S. The van der Waals surface area contributed by atoms with E-state index in [1.165, 1.54) is 104 Å². The molecule has 0 spiro atoms. The summed E-state index contributed by atoms with van der Waals surface area (Å²) >= 11 is 7.45. The van der Waals surface area contributed by atoms with Crippen LogP contribution in [0.15, 0.2) is 287 Å². The van der Waals surface area contributed by atoms with Gasteiger partial charge in [-0.05, 0) is 158 Å². The number of nitrogens with one attached hydrogen (secondary N) is 3. The summed E-state index contributed by atoms with van der Waals surface area (Å²) in [5.41, 5.74) is 59.7. The van der Waals surface area contributed by atoms with Gasteiger partial charge >= 0.3 is 6.03 Å². The Labute approximate surface area is 801 Å². The molecule has 700 valence electrons. The van der Waals surface area contributed by atoms with Gasteiger partial charge in [0.25, 0.3) is 5.91 Å². The van der Waals surface area contributed by atoms with E-state index in [0.717, 1.165) is 87.2 Å². The number of nitrogens with zero attached hydrogens (tertiary/aromatic N) is 31. The van der Waals surface area contributed by atoms with Crippen LogP contribution in [0.5, 0.6) is 0 Å². The van der Waals surface area contributed by atoms with Crippen LogP contribution in [0.4, 0.5) is 87.1 Å². The average molecular weight is 1930 g/mol. The van der Waals surface area contributed by atoms with E-state index >= 15 is 0 Å². The van der Waals surface area contributed by atoms with Crippen molar-refractivity contribution >= 4 is 181 Å². The summed E-state index contributed by atoms with van der Waals surface area (Å²) in [6.45, 7) is 2.25. The summed E-state index contributed by atoms with van der Waals surface area (Å²) in [6, 6.07) is 49.0. The fourth-order valence-electron chi connectivity index (χ4n) is 14.5. The number of carbonyl (C=O) groups excluding carboxylic acids is 2. The number of anilines is 12. The standard InChI is InChI=1S/C18H14FN7O.C17H13N7O.C16H18N6.C11H7F2N5.C11H10N6.C10H7ClN6.C9H7N5S/c19-11-4-6-12(7-5-11)24-18(27)25-13-2-1-3-14(8-13)26-17-15(9-23-26)16(20)21-10-22-17;18-15-13-9-22-24(16(13)21-10-20-15)12-5-3-4-11(8-12)23-17(25)14-6-1-2-7-19-14;17-15-14-10-20-22(16(14)19-11-18-15)13-6-4-5-12(9-13)21-7-2-1-3-8-21;12-6-1-7(13)3-8(2-6)18-11-9(4-17-18)10(14)15-5-16-11;12-7-2-1-3-8(4-7)17-11-9(5-16-17)10(13)14-6-15-11;11-8-3-6(1-2-13-8)17-10-7(4-16-17)9(12)14-5-15-10;10-8-7-3-13-14(6-1-2-15-4-6)9(7)12-5-11-8/h1-10H,(H2,20,21,22)(H2,24,25,27);1-10H,(H,23,25)(H2,18,20,21);4-6,9-11H,1-3,7-8H2,(H2,17,18,19);1-5H,(H2,14,15,16);1-6H,12H2,(H2,13,14,15);1-5H,(H2,12,14,15);1-5H,(H2,10,11,12). The van der Waals surface area contributed by atoms with Gasteiger partial charge in [-0.3, -0.25) is 9.78 Å². The number of benzene rings is 6. The molecule has 44 nitrogen and oxygen atoms in total. The van der Waals surface area contributed by atoms with E-state index in [1.807, 2.05) is 70.0 Å². The van der Waals surface area contributed by atoms with Crippen LogP contribution >= 0.6 is 22.9 Å². The maximum Gasteiger partial charge on any atom is 0.323 e. The van der Waals surface area contributed by atoms with E-state index in [2.05, 4.69) is 154 Å². The molecular weight excluding hydrogens is 1850 g/mol. The van der Waals surface area contributed by atoms with Crippen LogP contribution in [0, 0.1) is 17.5 Å². The Morgan fingerprint density at radius 2 is 0.674 bits per heavy atom. The number of halogens is 4. The molecule has 24 rings (SSSR count). The van der Waals surface area contributed by atoms with Crippen LogP contribution in [0.1, 0.15) is 29.8 Å². The minimum absolute atomic E-state index is 0.237. The first-order valence-corrected chi connectivity index (χ1v) is 43.7. The number of hydrogen-bond acceptors (Lipinski definition) is 35. The van der Waals surface area contributed by atoms with Gasteiger partial charge in [-0.25, -0.2) is 125 Å². The third-order valence-electron chi connectivity index (χ3n) is 21.2. The highest BCUT2D eigenvalue weighted by Gasteiger charge is 2.21. The van der Waals surface area contributed by atoms with E-state index in [0.29, 0.717) is 124 Å². The lowest BCUT2D eigenvalue weighted by atomic mass is 10.1. The van der Waals surface area contributed by atoms with Crippen LogP contribution in [-0.2, 0) is 0 Å². The largest absolute Gasteiger partial charge is 0.399 e. The maximum absolute atomic E-state index is 13.2. The van der Waals surface area contributed by atoms with Crippen molar-refractivity contribution in [2.45, 2.75) is 19.3 Å². The number of amides is 3. The minimum atomic E-state index is -0.685. The molecule has 141 heavy (non-hydrogen) atoms. The molecule has 18 heterocycles. The molecule has 0 atom stereocenters. The van der Waals surface area contributed by atoms with E-state index < -0.39 is 17.7 Å². The van der Waals surface area contributed by atoms with Gasteiger partial charge in [-0.15, -0.1) is 0 Å². The maximum atomic E-state index is 13.2. The molecule has 1 aliphatic rings. The molecule has 3 amide bonds. The fourth-order valence-corrected chi connectivity index (χ4v) is 15.3. The number of carbonyl (C=O) groups is 2. The second-order valence-corrected chi connectivity index (χ2v) is 31.5. The van der Waals surface area contributed by atoms with Crippen molar-refractivity contribution in [2.75, 3.05) is 79.8 Å². The molecule has 0 bridgehead atoms. The summed E-state index contributed by atoms with van der Waals surface area (Å²) in [4.78, 5) is 91.5. The van der Waals surface area contributed by atoms with Crippen LogP contribution in [-0.4, -0.2) is 173 Å². The predicted octanol–water partition coefficient (Wildman–Crippen LogP) is 13.2. The molecule has 17 aromatic heterocycles. The van der Waals surface area contributed by atoms with Crippen molar-refractivity contribution < 1.29 is 22.8 Å². The Kier molecular flexibility index (Phi) is 26.9. The van der Waals surface area contributed by atoms with E-state index in [1.54, 1.807) is 145 Å². The van der Waals surface area contributed by atoms with Gasteiger partial charge in [0, 0.05) is 71.4 Å². The Morgan fingerprint density at radius 3 is 1.07 bits per heavy atom. The highest BCUT2D eigenvalue weighted by Crippen LogP contribution is 2.31. The number of aromatic nitrogens is 30. The zero-order valence-corrected chi connectivity index (χ0v) is 75.0. The Hall–Kier alpha value is -19.8. The minimum Gasteiger partial charge on any atom is -0.399 e. The Morgan fingerprint density at radius 1 is 0.305 bits per heavy atom. The lowest BCUT2D eigenvalue weighted by Crippen LogP contribution is -2.29. The molecule has 0 unspecified atom stereocenters. The molecule has 23 aromatic rings. The van der Waals surface area contributed by atoms with Crippen molar-refractivity contribution in [3.8, 4) is 39.8 Å². The van der Waals surface area contributed by atoms with Crippen molar-refractivity contribution in [1.82, 2.24) is 148 Å². The second kappa shape index (κ2) is 41.4. The average Bonchev–Trinajstić information content (AvgIpc) is 1.68. The fraction of sp³-hybridized carbons (Fsp3) is 0.0543. The number of pyridine rings is 2. The SMILES string of the molecule is Nc1cccc(-n2ncc3c(N)ncnc32)c1.Nc1ncnc2c1cnn2-c1cc(F)cc(F)c1.Nc1ncnc2c1cnn2-c1cccc(N2CCCCC2)c1.Nc1ncnc2c1cnn2-c1cccc(NC(=O)Nc2ccc(F)cc2)c1.Nc1ncnc2c1cnn2-c1cccc(NC(=O)c2ccccn2)c1.Nc1ncnc2c1cnn2-c1ccnc(Cl)c1.Nc1ncnc2c1cnn2-c1ccsc1. The summed E-state index contributed by atoms with van der Waals surface area (Å²) < 4.78 is 50.7. The monoisotopic (exact) mass is 1920 g/mol. The van der Waals surface area contributed by atoms with Gasteiger partial charge in [0.15, 0.2) is 39.5 Å². The predicted molar refractivity (Wildman–Crippen MR) is 530 cm³/mol. The molecule has 6 aromatic carbocycles. The molecule has 1 aliphatic heterocycles. The van der Waals surface area contributed by atoms with Crippen molar-refractivity contribution in [2.24, 2.45) is 0 Å². The van der Waals surface area contributed by atoms with Crippen molar-refractivity contribution in [3.05, 3.63) is 315 Å². The van der Waals surface area contributed by atoms with Crippen LogP contribution < -0.4 is 66.7 Å². The highest BCUT2D eigenvalue weighted by molar-refractivity contribution is 7.08. The Balaban J connectivity index is 0.000000110. The number of nitrogens with two attached hydrogens (primary N) is 8. The lowest BCUT2D eigenvalue weighted by Gasteiger charge is -2.29. The third kappa shape index (κ3) is 20.8. The second-order valence-electron chi connectivity index (χ2n) is 30.3. The number of hydrogen-bond donors (Lipinski definition) is 11. The van der Waals surface area contributed by atoms with E-state index in [4.69, 9.17) is 57.5 Å². The van der Waals surface area contributed by atoms with Gasteiger partial charge in [0.05, 0.1) is 121 Å².